The molecule has 9 heteroatoms. The van der Waals surface area contributed by atoms with Crippen molar-refractivity contribution < 1.29 is 14.7 Å². The number of rotatable bonds is 5. The zero-order valence-corrected chi connectivity index (χ0v) is 15.4. The smallest absolute Gasteiger partial charge is 0.337 e. The van der Waals surface area contributed by atoms with Gasteiger partial charge in [0.25, 0.3) is 5.56 Å². The van der Waals surface area contributed by atoms with E-state index in [1.165, 1.54) is 41.1 Å². The Kier molecular flexibility index (Phi) is 4.34. The Morgan fingerprint density at radius 2 is 1.90 bits per heavy atom. The molecular weight excluding hydrogens is 376 g/mol. The molecule has 29 heavy (non-hydrogen) atoms. The molecule has 0 unspecified atom stereocenters. The van der Waals surface area contributed by atoms with Crippen LogP contribution in [0.2, 0.25) is 0 Å². The first-order valence-corrected chi connectivity index (χ1v) is 8.92. The van der Waals surface area contributed by atoms with Crippen molar-refractivity contribution in [2.45, 2.75) is 19.9 Å². The maximum absolute atomic E-state index is 13.0. The second-order valence-corrected chi connectivity index (χ2v) is 6.58. The first kappa shape index (κ1) is 18.4. The van der Waals surface area contributed by atoms with Gasteiger partial charge in [0.15, 0.2) is 5.82 Å². The standard InChI is InChI=1S/C20H16N4O5/c1-2-7-23-18(26)14-8-11(4-6-15(14)22-20(23)29)16(25)17-21-9-13-5-3-12(19(27)28)10-24(13)17/h3-6,8-10H,2,7H2,1H3,(H,22,29)(H,27,28). The molecule has 0 bridgehead atoms. The summed E-state index contributed by atoms with van der Waals surface area (Å²) in [6.45, 7) is 2.12. The highest BCUT2D eigenvalue weighted by atomic mass is 16.4. The number of carbonyl (C=O) groups excluding carboxylic acids is 1. The molecular formula is C20H16N4O5. The number of carbonyl (C=O) groups is 2. The van der Waals surface area contributed by atoms with Crippen molar-refractivity contribution >= 4 is 28.2 Å². The second kappa shape index (κ2) is 6.86. The number of imidazole rings is 1. The van der Waals surface area contributed by atoms with Gasteiger partial charge in [0, 0.05) is 18.3 Å². The molecule has 3 aromatic heterocycles. The average Bonchev–Trinajstić information content (AvgIpc) is 3.13. The van der Waals surface area contributed by atoms with Gasteiger partial charge in [-0.05, 0) is 36.8 Å². The van der Waals surface area contributed by atoms with Crippen LogP contribution in [0.15, 0.2) is 52.3 Å². The number of carboxylic acid groups (broad SMARTS) is 1. The van der Waals surface area contributed by atoms with Gasteiger partial charge in [-0.2, -0.15) is 0 Å². The summed E-state index contributed by atoms with van der Waals surface area (Å²) in [6, 6.07) is 7.40. The predicted molar refractivity (Wildman–Crippen MR) is 105 cm³/mol. The molecule has 4 rings (SSSR count). The van der Waals surface area contributed by atoms with Crippen LogP contribution in [0.1, 0.15) is 39.9 Å². The van der Waals surface area contributed by atoms with Crippen LogP contribution in [0.5, 0.6) is 0 Å². The molecule has 3 heterocycles. The number of carboxylic acids is 1. The zero-order chi connectivity index (χ0) is 20.7. The van der Waals surface area contributed by atoms with E-state index in [1.807, 2.05) is 6.92 Å². The molecule has 146 valence electrons. The lowest BCUT2D eigenvalue weighted by molar-refractivity contribution is 0.0696. The molecule has 0 saturated heterocycles. The highest BCUT2D eigenvalue weighted by molar-refractivity contribution is 6.08. The number of aromatic amines is 1. The van der Waals surface area contributed by atoms with Gasteiger partial charge in [0.1, 0.15) is 0 Å². The summed E-state index contributed by atoms with van der Waals surface area (Å²) in [5.41, 5.74) is 0.157. The van der Waals surface area contributed by atoms with Crippen LogP contribution in [-0.4, -0.2) is 35.8 Å². The largest absolute Gasteiger partial charge is 0.478 e. The average molecular weight is 392 g/mol. The maximum atomic E-state index is 13.0. The second-order valence-electron chi connectivity index (χ2n) is 6.58. The molecule has 0 atom stereocenters. The third kappa shape index (κ3) is 3.02. The summed E-state index contributed by atoms with van der Waals surface area (Å²) in [4.78, 5) is 55.8. The SMILES string of the molecule is CCCn1c(=O)[nH]c2ccc(C(=O)c3ncc4ccc(C(=O)O)cn34)cc2c1=O. The molecule has 0 aliphatic rings. The minimum absolute atomic E-state index is 0.0167. The highest BCUT2D eigenvalue weighted by Gasteiger charge is 2.18. The number of aromatic nitrogens is 4. The van der Waals surface area contributed by atoms with Crippen molar-refractivity contribution in [2.24, 2.45) is 0 Å². The van der Waals surface area contributed by atoms with Gasteiger partial charge >= 0.3 is 11.7 Å². The molecule has 1 aromatic carbocycles. The summed E-state index contributed by atoms with van der Waals surface area (Å²) in [5, 5.41) is 9.40. The third-order valence-electron chi connectivity index (χ3n) is 4.67. The monoisotopic (exact) mass is 392 g/mol. The number of ketones is 1. The molecule has 0 amide bonds. The Balaban J connectivity index is 1.86. The number of nitrogens with one attached hydrogen (secondary N) is 1. The fourth-order valence-electron chi connectivity index (χ4n) is 3.23. The fraction of sp³-hybridized carbons (Fsp3) is 0.150. The topological polar surface area (TPSA) is 127 Å². The minimum Gasteiger partial charge on any atom is -0.478 e. The van der Waals surface area contributed by atoms with Gasteiger partial charge in [-0.25, -0.2) is 14.6 Å². The number of fused-ring (bicyclic) bond motifs is 2. The van der Waals surface area contributed by atoms with E-state index in [1.54, 1.807) is 6.07 Å². The van der Waals surface area contributed by atoms with Gasteiger partial charge in [0.2, 0.25) is 5.78 Å². The maximum Gasteiger partial charge on any atom is 0.337 e. The Bertz CT molecular complexity index is 1410. The van der Waals surface area contributed by atoms with Crippen LogP contribution in [0.4, 0.5) is 0 Å². The number of H-pyrrole nitrogens is 1. The number of hydrogen-bond donors (Lipinski definition) is 2. The predicted octanol–water partition coefficient (Wildman–Crippen LogP) is 1.68. The van der Waals surface area contributed by atoms with Crippen LogP contribution in [0.25, 0.3) is 16.4 Å². The Morgan fingerprint density at radius 1 is 1.14 bits per heavy atom. The first-order chi connectivity index (χ1) is 13.9. The van der Waals surface area contributed by atoms with Gasteiger partial charge < -0.3 is 10.1 Å². The van der Waals surface area contributed by atoms with E-state index in [2.05, 4.69) is 9.97 Å². The minimum atomic E-state index is -1.12. The Labute approximate surface area is 162 Å². The van der Waals surface area contributed by atoms with Crippen LogP contribution >= 0.6 is 0 Å². The fourth-order valence-corrected chi connectivity index (χ4v) is 3.23. The number of aromatic carboxylic acids is 1. The van der Waals surface area contributed by atoms with Crippen molar-refractivity contribution in [3.63, 3.8) is 0 Å². The zero-order valence-electron chi connectivity index (χ0n) is 15.4. The lowest BCUT2D eigenvalue weighted by Gasteiger charge is -2.07. The van der Waals surface area contributed by atoms with E-state index in [4.69, 9.17) is 0 Å². The normalized spacial score (nSPS) is 11.2. The molecule has 0 radical (unpaired) electrons. The molecule has 2 N–H and O–H groups in total. The van der Waals surface area contributed by atoms with E-state index >= 15 is 0 Å². The van der Waals surface area contributed by atoms with Gasteiger partial charge in [0.05, 0.1) is 28.2 Å². The lowest BCUT2D eigenvalue weighted by atomic mass is 10.1. The molecule has 0 spiro atoms. The summed E-state index contributed by atoms with van der Waals surface area (Å²) in [5.74, 6) is -1.56. The van der Waals surface area contributed by atoms with Crippen molar-refractivity contribution in [3.05, 3.63) is 80.5 Å². The molecule has 0 aliphatic carbocycles. The number of pyridine rings is 1. The molecule has 0 aliphatic heterocycles. The van der Waals surface area contributed by atoms with Crippen molar-refractivity contribution in [1.82, 2.24) is 18.9 Å². The summed E-state index contributed by atoms with van der Waals surface area (Å²) in [6.07, 6.45) is 3.40. The van der Waals surface area contributed by atoms with Crippen LogP contribution in [0, 0.1) is 0 Å². The third-order valence-corrected chi connectivity index (χ3v) is 4.67. The Hall–Kier alpha value is -4.01. The molecule has 9 nitrogen and oxygen atoms in total. The number of nitrogens with zero attached hydrogens (tertiary/aromatic N) is 3. The lowest BCUT2D eigenvalue weighted by Crippen LogP contribution is -2.35. The molecule has 0 saturated carbocycles. The van der Waals surface area contributed by atoms with E-state index in [0.29, 0.717) is 17.5 Å². The summed E-state index contributed by atoms with van der Waals surface area (Å²) < 4.78 is 2.50. The summed E-state index contributed by atoms with van der Waals surface area (Å²) in [7, 11) is 0. The molecule has 4 aromatic rings. The highest BCUT2D eigenvalue weighted by Crippen LogP contribution is 2.16. The molecule has 0 fully saturated rings. The van der Waals surface area contributed by atoms with E-state index < -0.39 is 23.0 Å². The van der Waals surface area contributed by atoms with Crippen molar-refractivity contribution in [2.75, 3.05) is 0 Å². The Morgan fingerprint density at radius 3 is 2.62 bits per heavy atom. The van der Waals surface area contributed by atoms with Gasteiger partial charge in [-0.15, -0.1) is 0 Å². The quantitative estimate of drug-likeness (QED) is 0.498. The van der Waals surface area contributed by atoms with Crippen LogP contribution in [-0.2, 0) is 6.54 Å². The van der Waals surface area contributed by atoms with E-state index in [-0.39, 0.29) is 28.9 Å². The van der Waals surface area contributed by atoms with E-state index in [9.17, 15) is 24.3 Å². The first-order valence-electron chi connectivity index (χ1n) is 8.92. The van der Waals surface area contributed by atoms with Gasteiger partial charge in [-0.1, -0.05) is 6.92 Å². The van der Waals surface area contributed by atoms with Crippen molar-refractivity contribution in [3.8, 4) is 0 Å². The van der Waals surface area contributed by atoms with Crippen LogP contribution in [0.3, 0.4) is 0 Å². The number of benzene rings is 1. The number of hydrogen-bond acceptors (Lipinski definition) is 5. The van der Waals surface area contributed by atoms with Crippen LogP contribution < -0.4 is 11.2 Å². The van der Waals surface area contributed by atoms with Crippen molar-refractivity contribution in [1.29, 1.82) is 0 Å². The van der Waals surface area contributed by atoms with E-state index in [0.717, 1.165) is 4.57 Å². The summed E-state index contributed by atoms with van der Waals surface area (Å²) >= 11 is 0. The van der Waals surface area contributed by atoms with Gasteiger partial charge in [-0.3, -0.25) is 18.6 Å².